The summed E-state index contributed by atoms with van der Waals surface area (Å²) in [5.41, 5.74) is 1.44. The molecule has 2 heterocycles. The van der Waals surface area contributed by atoms with E-state index in [1.807, 2.05) is 0 Å². The summed E-state index contributed by atoms with van der Waals surface area (Å²) in [6.07, 6.45) is 2.48. The number of carbonyl (C=O) groups is 1. The SMILES string of the molecule is O=C(c1cc(Cl)c[nH]1)N1CC[C@H]1c1ccc(F)cc1. The summed E-state index contributed by atoms with van der Waals surface area (Å²) in [5.74, 6) is -0.343. The van der Waals surface area contributed by atoms with Crippen LogP contribution in [0, 0.1) is 5.82 Å². The molecule has 0 spiro atoms. The molecule has 1 aliphatic heterocycles. The Balaban J connectivity index is 1.79. The van der Waals surface area contributed by atoms with Gasteiger partial charge in [0.25, 0.3) is 5.91 Å². The minimum absolute atomic E-state index is 0.0233. The molecule has 3 nitrogen and oxygen atoms in total. The van der Waals surface area contributed by atoms with Gasteiger partial charge in [0.05, 0.1) is 11.1 Å². The Morgan fingerprint density at radius 1 is 1.37 bits per heavy atom. The highest BCUT2D eigenvalue weighted by Gasteiger charge is 2.34. The molecule has 1 atom stereocenters. The van der Waals surface area contributed by atoms with Gasteiger partial charge in [-0.1, -0.05) is 23.7 Å². The molecule has 1 aromatic heterocycles. The molecule has 98 valence electrons. The van der Waals surface area contributed by atoms with E-state index in [0.29, 0.717) is 17.3 Å². The maximum absolute atomic E-state index is 12.9. The van der Waals surface area contributed by atoms with Crippen LogP contribution in [0.1, 0.15) is 28.5 Å². The number of nitrogens with one attached hydrogen (secondary N) is 1. The number of halogens is 2. The van der Waals surface area contributed by atoms with Crippen molar-refractivity contribution in [2.24, 2.45) is 0 Å². The van der Waals surface area contributed by atoms with Gasteiger partial charge in [0.15, 0.2) is 0 Å². The molecular weight excluding hydrogens is 267 g/mol. The van der Waals surface area contributed by atoms with E-state index in [4.69, 9.17) is 11.6 Å². The van der Waals surface area contributed by atoms with E-state index < -0.39 is 0 Å². The van der Waals surface area contributed by atoms with Gasteiger partial charge in [0, 0.05) is 12.7 Å². The largest absolute Gasteiger partial charge is 0.356 e. The number of amides is 1. The topological polar surface area (TPSA) is 36.1 Å². The molecule has 3 rings (SSSR count). The van der Waals surface area contributed by atoms with E-state index in [-0.39, 0.29) is 17.8 Å². The van der Waals surface area contributed by atoms with Crippen LogP contribution in [-0.4, -0.2) is 22.3 Å². The first kappa shape index (κ1) is 12.2. The molecule has 1 aliphatic rings. The van der Waals surface area contributed by atoms with Crippen LogP contribution in [0.5, 0.6) is 0 Å². The number of carbonyl (C=O) groups excluding carboxylic acids is 1. The fraction of sp³-hybridized carbons (Fsp3) is 0.214. The standard InChI is InChI=1S/C14H12ClFN2O/c15-10-7-12(17-8-10)14(19)18-6-5-13(18)9-1-3-11(16)4-2-9/h1-4,7-8,13,17H,5-6H2/t13-/m0/s1. The highest BCUT2D eigenvalue weighted by atomic mass is 35.5. The van der Waals surface area contributed by atoms with Gasteiger partial charge in [-0.3, -0.25) is 4.79 Å². The number of rotatable bonds is 2. The van der Waals surface area contributed by atoms with E-state index >= 15 is 0 Å². The van der Waals surface area contributed by atoms with Gasteiger partial charge in [-0.05, 0) is 30.2 Å². The molecule has 0 saturated carbocycles. The Bertz CT molecular complexity index is 608. The zero-order valence-corrected chi connectivity index (χ0v) is 10.8. The fourth-order valence-corrected chi connectivity index (χ4v) is 2.47. The lowest BCUT2D eigenvalue weighted by atomic mass is 9.94. The highest BCUT2D eigenvalue weighted by Crippen LogP contribution is 2.34. The Hall–Kier alpha value is -1.81. The average Bonchev–Trinajstić information content (AvgIpc) is 2.77. The molecule has 0 aliphatic carbocycles. The van der Waals surface area contributed by atoms with Crippen LogP contribution in [0.2, 0.25) is 5.02 Å². The first-order valence-corrected chi connectivity index (χ1v) is 6.43. The van der Waals surface area contributed by atoms with Crippen molar-refractivity contribution >= 4 is 17.5 Å². The zero-order valence-electron chi connectivity index (χ0n) is 10.1. The van der Waals surface area contributed by atoms with Gasteiger partial charge >= 0.3 is 0 Å². The van der Waals surface area contributed by atoms with Gasteiger partial charge in [-0.2, -0.15) is 0 Å². The van der Waals surface area contributed by atoms with E-state index in [9.17, 15) is 9.18 Å². The zero-order chi connectivity index (χ0) is 13.4. The Kier molecular flexibility index (Phi) is 3.03. The van der Waals surface area contributed by atoms with E-state index in [1.165, 1.54) is 12.1 Å². The molecule has 1 amide bonds. The van der Waals surface area contributed by atoms with E-state index in [1.54, 1.807) is 29.3 Å². The third-order valence-corrected chi connectivity index (χ3v) is 3.63. The summed E-state index contributed by atoms with van der Waals surface area (Å²) in [6.45, 7) is 0.706. The minimum atomic E-state index is -0.267. The predicted molar refractivity (Wildman–Crippen MR) is 70.6 cm³/mol. The molecule has 2 aromatic rings. The van der Waals surface area contributed by atoms with Crippen LogP contribution in [-0.2, 0) is 0 Å². The van der Waals surface area contributed by atoms with Gasteiger partial charge in [-0.25, -0.2) is 4.39 Å². The number of benzene rings is 1. The van der Waals surface area contributed by atoms with Crippen molar-refractivity contribution in [1.29, 1.82) is 0 Å². The van der Waals surface area contributed by atoms with Crippen molar-refractivity contribution in [3.63, 3.8) is 0 Å². The Morgan fingerprint density at radius 3 is 2.63 bits per heavy atom. The first-order valence-electron chi connectivity index (χ1n) is 6.05. The normalized spacial score (nSPS) is 18.2. The lowest BCUT2D eigenvalue weighted by molar-refractivity contribution is 0.0455. The number of aromatic nitrogens is 1. The van der Waals surface area contributed by atoms with Crippen molar-refractivity contribution in [2.45, 2.75) is 12.5 Å². The van der Waals surface area contributed by atoms with Gasteiger partial charge in [0.2, 0.25) is 0 Å². The van der Waals surface area contributed by atoms with Crippen LogP contribution in [0.15, 0.2) is 36.5 Å². The third-order valence-electron chi connectivity index (χ3n) is 3.41. The van der Waals surface area contributed by atoms with Crippen molar-refractivity contribution in [3.05, 3.63) is 58.6 Å². The summed E-state index contributed by atoms with van der Waals surface area (Å²) in [5, 5.41) is 0.516. The fourth-order valence-electron chi connectivity index (χ4n) is 2.31. The Labute approximate surface area is 115 Å². The molecule has 1 saturated heterocycles. The number of hydrogen-bond acceptors (Lipinski definition) is 1. The van der Waals surface area contributed by atoms with Crippen LogP contribution in [0.3, 0.4) is 0 Å². The maximum Gasteiger partial charge on any atom is 0.270 e. The van der Waals surface area contributed by atoms with E-state index in [0.717, 1.165) is 12.0 Å². The molecule has 0 radical (unpaired) electrons. The summed E-state index contributed by atoms with van der Waals surface area (Å²) in [6, 6.07) is 7.92. The van der Waals surface area contributed by atoms with Crippen LogP contribution < -0.4 is 0 Å². The summed E-state index contributed by atoms with van der Waals surface area (Å²) < 4.78 is 12.9. The monoisotopic (exact) mass is 278 g/mol. The molecule has 19 heavy (non-hydrogen) atoms. The second kappa shape index (κ2) is 4.70. The van der Waals surface area contributed by atoms with Crippen molar-refractivity contribution < 1.29 is 9.18 Å². The number of nitrogens with zero attached hydrogens (tertiary/aromatic N) is 1. The van der Waals surface area contributed by atoms with E-state index in [2.05, 4.69) is 4.98 Å². The molecular formula is C14H12ClFN2O. The second-order valence-corrected chi connectivity index (χ2v) is 5.02. The highest BCUT2D eigenvalue weighted by molar-refractivity contribution is 6.30. The smallest absolute Gasteiger partial charge is 0.270 e. The molecule has 1 N–H and O–H groups in total. The van der Waals surface area contributed by atoms with Crippen LogP contribution in [0.25, 0.3) is 0 Å². The Morgan fingerprint density at radius 2 is 2.11 bits per heavy atom. The third kappa shape index (κ3) is 2.24. The average molecular weight is 279 g/mol. The first-order chi connectivity index (χ1) is 9.15. The van der Waals surface area contributed by atoms with Crippen LogP contribution in [0.4, 0.5) is 4.39 Å². The van der Waals surface area contributed by atoms with Gasteiger partial charge < -0.3 is 9.88 Å². The quantitative estimate of drug-likeness (QED) is 0.898. The molecule has 0 unspecified atom stereocenters. The summed E-state index contributed by atoms with van der Waals surface area (Å²) >= 11 is 5.80. The molecule has 0 bridgehead atoms. The number of H-pyrrole nitrogens is 1. The predicted octanol–water partition coefficient (Wildman–Crippen LogP) is 3.39. The minimum Gasteiger partial charge on any atom is -0.356 e. The van der Waals surface area contributed by atoms with Crippen molar-refractivity contribution in [2.75, 3.05) is 6.54 Å². The lowest BCUT2D eigenvalue weighted by Gasteiger charge is -2.41. The summed E-state index contributed by atoms with van der Waals surface area (Å²) in [7, 11) is 0. The molecule has 1 aromatic carbocycles. The number of likely N-dealkylation sites (tertiary alicyclic amines) is 1. The molecule has 1 fully saturated rings. The van der Waals surface area contributed by atoms with Crippen LogP contribution >= 0.6 is 11.6 Å². The van der Waals surface area contributed by atoms with Gasteiger partial charge in [-0.15, -0.1) is 0 Å². The number of aromatic amines is 1. The number of hydrogen-bond donors (Lipinski definition) is 1. The lowest BCUT2D eigenvalue weighted by Crippen LogP contribution is -2.45. The second-order valence-electron chi connectivity index (χ2n) is 4.59. The summed E-state index contributed by atoms with van der Waals surface area (Å²) in [4.78, 5) is 16.9. The van der Waals surface area contributed by atoms with Gasteiger partial charge in [0.1, 0.15) is 11.5 Å². The van der Waals surface area contributed by atoms with Crippen molar-refractivity contribution in [1.82, 2.24) is 9.88 Å². The maximum atomic E-state index is 12.9. The van der Waals surface area contributed by atoms with Crippen molar-refractivity contribution in [3.8, 4) is 0 Å². The molecule has 5 heteroatoms.